The lowest BCUT2D eigenvalue weighted by Gasteiger charge is -2.11. The van der Waals surface area contributed by atoms with Gasteiger partial charge in [-0.2, -0.15) is 0 Å². The Kier molecular flexibility index (Phi) is 3.91. The average molecular weight is 225 g/mol. The molecule has 0 aromatic rings. The minimum atomic E-state index is -0.485. The highest BCUT2D eigenvalue weighted by Crippen LogP contribution is 2.65. The van der Waals surface area contributed by atoms with Crippen LogP contribution in [0.4, 0.5) is 0 Å². The first-order valence-corrected chi connectivity index (χ1v) is 5.73. The molecule has 0 bridgehead atoms. The lowest BCUT2D eigenvalue weighted by atomic mass is 10.1. The molecule has 0 amide bonds. The molecular weight excluding hydrogens is 207 g/mol. The first-order chi connectivity index (χ1) is 6.02. The summed E-state index contributed by atoms with van der Waals surface area (Å²) in [6, 6.07) is 0. The molecule has 0 aromatic carbocycles. The van der Waals surface area contributed by atoms with E-state index in [-0.39, 0.29) is 5.41 Å². The van der Waals surface area contributed by atoms with Gasteiger partial charge in [0.15, 0.2) is 0 Å². The van der Waals surface area contributed by atoms with E-state index in [4.69, 9.17) is 27.9 Å². The monoisotopic (exact) mass is 224 g/mol. The Morgan fingerprint density at radius 1 is 1.31 bits per heavy atom. The van der Waals surface area contributed by atoms with Crippen molar-refractivity contribution >= 4 is 23.2 Å². The van der Waals surface area contributed by atoms with Crippen molar-refractivity contribution < 1.29 is 4.74 Å². The molecule has 13 heavy (non-hydrogen) atoms. The highest BCUT2D eigenvalue weighted by Gasteiger charge is 2.62. The number of unbranched alkanes of at least 4 members (excludes halogenated alkanes) is 1. The third kappa shape index (κ3) is 3.00. The second-order valence-electron chi connectivity index (χ2n) is 4.16. The summed E-state index contributed by atoms with van der Waals surface area (Å²) in [6.45, 7) is 5.94. The lowest BCUT2D eigenvalue weighted by molar-refractivity contribution is 0.116. The summed E-state index contributed by atoms with van der Waals surface area (Å²) in [4.78, 5) is 0. The SMILES string of the molecule is CCCCOCCC1(C)CC1(Cl)Cl. The van der Waals surface area contributed by atoms with Crippen molar-refractivity contribution in [2.24, 2.45) is 5.41 Å². The highest BCUT2D eigenvalue weighted by molar-refractivity contribution is 6.51. The van der Waals surface area contributed by atoms with E-state index in [1.54, 1.807) is 0 Å². The van der Waals surface area contributed by atoms with E-state index in [0.29, 0.717) is 0 Å². The van der Waals surface area contributed by atoms with Gasteiger partial charge in [-0.3, -0.25) is 0 Å². The van der Waals surface area contributed by atoms with Crippen molar-refractivity contribution in [1.82, 2.24) is 0 Å². The number of ether oxygens (including phenoxy) is 1. The second kappa shape index (κ2) is 4.37. The van der Waals surface area contributed by atoms with Crippen LogP contribution in [0.25, 0.3) is 0 Å². The summed E-state index contributed by atoms with van der Waals surface area (Å²) < 4.78 is 4.98. The third-order valence-electron chi connectivity index (χ3n) is 2.81. The fraction of sp³-hybridized carbons (Fsp3) is 1.00. The van der Waals surface area contributed by atoms with Crippen LogP contribution in [0.3, 0.4) is 0 Å². The Morgan fingerprint density at radius 3 is 2.38 bits per heavy atom. The van der Waals surface area contributed by atoms with Gasteiger partial charge < -0.3 is 4.74 Å². The molecule has 0 radical (unpaired) electrons. The first kappa shape index (κ1) is 11.6. The Bertz CT molecular complexity index is 170. The van der Waals surface area contributed by atoms with Gasteiger partial charge in [0, 0.05) is 18.6 Å². The smallest absolute Gasteiger partial charge is 0.124 e. The fourth-order valence-corrected chi connectivity index (χ4v) is 2.14. The minimum Gasteiger partial charge on any atom is -0.381 e. The second-order valence-corrected chi connectivity index (χ2v) is 5.64. The fourth-order valence-electron chi connectivity index (χ4n) is 1.36. The van der Waals surface area contributed by atoms with Crippen LogP contribution >= 0.6 is 23.2 Å². The summed E-state index contributed by atoms with van der Waals surface area (Å²) in [5, 5.41) is 0. The van der Waals surface area contributed by atoms with Crippen LogP contribution in [-0.4, -0.2) is 17.5 Å². The van der Waals surface area contributed by atoms with Crippen LogP contribution in [0.1, 0.15) is 39.5 Å². The molecule has 1 aliphatic carbocycles. The molecule has 0 N–H and O–H groups in total. The maximum absolute atomic E-state index is 6.00. The van der Waals surface area contributed by atoms with Crippen molar-refractivity contribution in [3.63, 3.8) is 0 Å². The van der Waals surface area contributed by atoms with Gasteiger partial charge in [-0.25, -0.2) is 0 Å². The summed E-state index contributed by atoms with van der Waals surface area (Å²) in [6.07, 6.45) is 4.21. The average Bonchev–Trinajstić information content (AvgIpc) is 2.51. The quantitative estimate of drug-likeness (QED) is 0.493. The Hall–Kier alpha value is 0.540. The normalized spacial score (nSPS) is 30.5. The van der Waals surface area contributed by atoms with Crippen molar-refractivity contribution in [2.75, 3.05) is 13.2 Å². The van der Waals surface area contributed by atoms with E-state index in [9.17, 15) is 0 Å². The van der Waals surface area contributed by atoms with Crippen LogP contribution in [0.5, 0.6) is 0 Å². The van der Waals surface area contributed by atoms with Gasteiger partial charge in [-0.15, -0.1) is 23.2 Å². The summed E-state index contributed by atoms with van der Waals surface area (Å²) in [5.74, 6) is 0. The molecule has 0 aromatic heterocycles. The minimum absolute atomic E-state index is 0.0995. The Morgan fingerprint density at radius 2 is 1.92 bits per heavy atom. The summed E-state index contributed by atoms with van der Waals surface area (Å²) >= 11 is 12.0. The molecule has 0 aliphatic heterocycles. The molecule has 0 heterocycles. The maximum atomic E-state index is 6.00. The molecule has 1 nitrogen and oxygen atoms in total. The number of hydrogen-bond acceptors (Lipinski definition) is 1. The Balaban J connectivity index is 2.01. The van der Waals surface area contributed by atoms with Gasteiger partial charge >= 0.3 is 0 Å². The molecule has 1 saturated carbocycles. The van der Waals surface area contributed by atoms with E-state index in [1.807, 2.05) is 0 Å². The van der Waals surface area contributed by atoms with Crippen LogP contribution in [-0.2, 0) is 4.74 Å². The van der Waals surface area contributed by atoms with Gasteiger partial charge in [0.25, 0.3) is 0 Å². The van der Waals surface area contributed by atoms with E-state index in [0.717, 1.165) is 32.5 Å². The standard InChI is InChI=1S/C10H18Cl2O/c1-3-4-6-13-7-5-9(2)8-10(9,11)12/h3-8H2,1-2H3. The topological polar surface area (TPSA) is 9.23 Å². The predicted molar refractivity (Wildman–Crippen MR) is 57.5 cm³/mol. The van der Waals surface area contributed by atoms with Crippen molar-refractivity contribution in [3.05, 3.63) is 0 Å². The van der Waals surface area contributed by atoms with E-state index in [1.165, 1.54) is 6.42 Å². The Labute approximate surface area is 90.7 Å². The lowest BCUT2D eigenvalue weighted by Crippen LogP contribution is -2.09. The summed E-state index contributed by atoms with van der Waals surface area (Å²) in [7, 11) is 0. The van der Waals surface area contributed by atoms with Gasteiger partial charge in [0.2, 0.25) is 0 Å². The third-order valence-corrected chi connectivity index (χ3v) is 3.99. The van der Waals surface area contributed by atoms with Crippen molar-refractivity contribution in [2.45, 2.75) is 43.9 Å². The number of halogens is 2. The molecule has 0 saturated heterocycles. The molecule has 78 valence electrons. The van der Waals surface area contributed by atoms with Gasteiger partial charge in [0.1, 0.15) is 4.33 Å². The van der Waals surface area contributed by atoms with Crippen molar-refractivity contribution in [3.8, 4) is 0 Å². The van der Waals surface area contributed by atoms with Gasteiger partial charge in [0.05, 0.1) is 0 Å². The highest BCUT2D eigenvalue weighted by atomic mass is 35.5. The zero-order valence-electron chi connectivity index (χ0n) is 8.41. The largest absolute Gasteiger partial charge is 0.381 e. The van der Waals surface area contributed by atoms with Gasteiger partial charge in [-0.1, -0.05) is 20.3 Å². The van der Waals surface area contributed by atoms with Crippen molar-refractivity contribution in [1.29, 1.82) is 0 Å². The molecule has 1 atom stereocenters. The molecule has 0 spiro atoms. The van der Waals surface area contributed by atoms with Crippen LogP contribution in [0, 0.1) is 5.41 Å². The van der Waals surface area contributed by atoms with E-state index in [2.05, 4.69) is 13.8 Å². The van der Waals surface area contributed by atoms with Crippen LogP contribution in [0.2, 0.25) is 0 Å². The number of hydrogen-bond donors (Lipinski definition) is 0. The zero-order chi connectivity index (χ0) is 9.95. The first-order valence-electron chi connectivity index (χ1n) is 4.97. The van der Waals surface area contributed by atoms with Crippen LogP contribution in [0.15, 0.2) is 0 Å². The molecule has 1 unspecified atom stereocenters. The molecule has 1 rings (SSSR count). The van der Waals surface area contributed by atoms with Gasteiger partial charge in [-0.05, 0) is 19.3 Å². The molecule has 3 heteroatoms. The molecule has 1 aliphatic rings. The van der Waals surface area contributed by atoms with Crippen LogP contribution < -0.4 is 0 Å². The van der Waals surface area contributed by atoms with E-state index < -0.39 is 4.33 Å². The molecular formula is C10H18Cl2O. The van der Waals surface area contributed by atoms with E-state index >= 15 is 0 Å². The molecule has 1 fully saturated rings. The zero-order valence-corrected chi connectivity index (χ0v) is 9.92. The number of rotatable bonds is 6. The number of alkyl halides is 2. The summed E-state index contributed by atoms with van der Waals surface area (Å²) in [5.41, 5.74) is 0.0995. The predicted octanol–water partition coefficient (Wildman–Crippen LogP) is 3.78. The maximum Gasteiger partial charge on any atom is 0.124 e.